The second kappa shape index (κ2) is 10.9. The average Bonchev–Trinajstić information content (AvgIpc) is 3.44. The molecule has 3 aliphatic rings. The molecule has 5 atom stereocenters. The molecule has 1 N–H and O–H groups in total. The molecule has 206 valence electrons. The van der Waals surface area contributed by atoms with Crippen LogP contribution in [0.2, 0.25) is 0 Å². The number of carbonyl (C=O) groups is 3. The van der Waals surface area contributed by atoms with Crippen molar-refractivity contribution in [2.75, 3.05) is 38.2 Å². The summed E-state index contributed by atoms with van der Waals surface area (Å²) < 4.78 is -1.08. The lowest BCUT2D eigenvalue weighted by molar-refractivity contribution is -0.144. The van der Waals surface area contributed by atoms with E-state index in [1.54, 1.807) is 45.7 Å². The molecule has 1 aromatic rings. The van der Waals surface area contributed by atoms with Crippen LogP contribution in [0.5, 0.6) is 0 Å². The van der Waals surface area contributed by atoms with E-state index in [0.717, 1.165) is 23.2 Å². The van der Waals surface area contributed by atoms with Crippen LogP contribution < -0.4 is 4.90 Å². The summed E-state index contributed by atoms with van der Waals surface area (Å²) in [5.41, 5.74) is 2.84. The van der Waals surface area contributed by atoms with Gasteiger partial charge in [-0.3, -0.25) is 14.4 Å². The van der Waals surface area contributed by atoms with E-state index < -0.39 is 27.4 Å². The number of aryl methyl sites for hydroxylation is 2. The second-order valence-electron chi connectivity index (χ2n) is 11.2. The number of aliphatic hydroxyl groups excluding tert-OH is 1. The molecule has 2 unspecified atom stereocenters. The lowest BCUT2D eigenvalue weighted by atomic mass is 9.66. The highest BCUT2D eigenvalue weighted by Crippen LogP contribution is 2.71. The number of unbranched alkanes of at least 4 members (excludes halogenated alkanes) is 1. The smallest absolute Gasteiger partial charge is 0.251 e. The van der Waals surface area contributed by atoms with Crippen molar-refractivity contribution in [3.63, 3.8) is 0 Å². The third-order valence-electron chi connectivity index (χ3n) is 8.60. The fourth-order valence-electron chi connectivity index (χ4n) is 6.83. The maximum absolute atomic E-state index is 14.6. The Morgan fingerprint density at radius 2 is 1.87 bits per heavy atom. The largest absolute Gasteiger partial charge is 0.396 e. The SMILES string of the molecule is C=CCN(C)C(=O)[C@H]1[C@H]2C(=O)N(CCCCO)C(C(=O)N(CC=C)c3cc(C)ccc3C)C23CC[C@]1(C)S3. The number of carbonyl (C=O) groups excluding carboxylic acids is 3. The average molecular weight is 540 g/mol. The van der Waals surface area contributed by atoms with Gasteiger partial charge < -0.3 is 19.8 Å². The molecule has 38 heavy (non-hydrogen) atoms. The highest BCUT2D eigenvalue weighted by atomic mass is 32.2. The van der Waals surface area contributed by atoms with E-state index in [2.05, 4.69) is 20.1 Å². The lowest BCUT2D eigenvalue weighted by Crippen LogP contribution is -2.55. The van der Waals surface area contributed by atoms with Crippen LogP contribution in [-0.4, -0.2) is 81.5 Å². The van der Waals surface area contributed by atoms with Crippen molar-refractivity contribution in [1.29, 1.82) is 0 Å². The molecule has 1 spiro atoms. The Hall–Kier alpha value is -2.58. The zero-order chi connectivity index (χ0) is 27.8. The van der Waals surface area contributed by atoms with Crippen LogP contribution in [-0.2, 0) is 14.4 Å². The number of nitrogens with zero attached hydrogens (tertiary/aromatic N) is 3. The number of likely N-dealkylation sites (tertiary alicyclic amines) is 1. The molecule has 0 aliphatic carbocycles. The van der Waals surface area contributed by atoms with Gasteiger partial charge in [0.2, 0.25) is 11.8 Å². The molecule has 3 fully saturated rings. The summed E-state index contributed by atoms with van der Waals surface area (Å²) in [4.78, 5) is 47.8. The van der Waals surface area contributed by atoms with Crippen LogP contribution in [0.3, 0.4) is 0 Å². The Balaban J connectivity index is 1.81. The first-order chi connectivity index (χ1) is 18.1. The molecule has 4 rings (SSSR count). The van der Waals surface area contributed by atoms with Crippen LogP contribution in [0.25, 0.3) is 0 Å². The molecule has 0 saturated carbocycles. The third kappa shape index (κ3) is 4.49. The van der Waals surface area contributed by atoms with Gasteiger partial charge in [0.25, 0.3) is 5.91 Å². The predicted octanol–water partition coefficient (Wildman–Crippen LogP) is 3.72. The zero-order valence-corrected chi connectivity index (χ0v) is 23.9. The van der Waals surface area contributed by atoms with Crippen LogP contribution in [0.1, 0.15) is 43.7 Å². The highest BCUT2D eigenvalue weighted by Gasteiger charge is 2.77. The fourth-order valence-corrected chi connectivity index (χ4v) is 9.17. The molecular formula is C30H41N3O4S. The normalized spacial score (nSPS) is 29.3. The summed E-state index contributed by atoms with van der Waals surface area (Å²) in [6.45, 7) is 14.9. The second-order valence-corrected chi connectivity index (χ2v) is 13.1. The number of amides is 3. The monoisotopic (exact) mass is 539 g/mol. The minimum Gasteiger partial charge on any atom is -0.396 e. The first kappa shape index (κ1) is 28.4. The summed E-state index contributed by atoms with van der Waals surface area (Å²) in [5, 5.41) is 9.42. The third-order valence-corrected chi connectivity index (χ3v) is 10.6. The van der Waals surface area contributed by atoms with Gasteiger partial charge in [-0.25, -0.2) is 0 Å². The van der Waals surface area contributed by atoms with Gasteiger partial charge in [-0.2, -0.15) is 0 Å². The molecule has 2 bridgehead atoms. The summed E-state index contributed by atoms with van der Waals surface area (Å²) in [5.74, 6) is -1.34. The van der Waals surface area contributed by atoms with Crippen molar-refractivity contribution in [3.05, 3.63) is 54.6 Å². The minimum absolute atomic E-state index is 0.0283. The first-order valence-electron chi connectivity index (χ1n) is 13.5. The Morgan fingerprint density at radius 3 is 2.53 bits per heavy atom. The molecule has 1 aromatic carbocycles. The number of aliphatic hydroxyl groups is 1. The van der Waals surface area contributed by atoms with E-state index in [4.69, 9.17) is 0 Å². The predicted molar refractivity (Wildman–Crippen MR) is 153 cm³/mol. The Bertz CT molecular complexity index is 1140. The number of likely N-dealkylation sites (N-methyl/N-ethyl adjacent to an activating group) is 1. The number of benzene rings is 1. The van der Waals surface area contributed by atoms with E-state index in [9.17, 15) is 19.5 Å². The van der Waals surface area contributed by atoms with E-state index in [1.165, 1.54) is 0 Å². The van der Waals surface area contributed by atoms with E-state index in [-0.39, 0.29) is 24.3 Å². The van der Waals surface area contributed by atoms with Crippen LogP contribution in [0, 0.1) is 25.7 Å². The minimum atomic E-state index is -0.687. The van der Waals surface area contributed by atoms with Crippen LogP contribution in [0.4, 0.5) is 5.69 Å². The van der Waals surface area contributed by atoms with Crippen molar-refractivity contribution < 1.29 is 19.5 Å². The molecule has 3 aliphatic heterocycles. The number of rotatable bonds is 11. The maximum Gasteiger partial charge on any atom is 0.251 e. The number of hydrogen-bond donors (Lipinski definition) is 1. The highest BCUT2D eigenvalue weighted by molar-refractivity contribution is 8.02. The Kier molecular flexibility index (Phi) is 8.15. The van der Waals surface area contributed by atoms with Gasteiger partial charge in [0.1, 0.15) is 6.04 Å². The Labute approximate surface area is 230 Å². The number of thioether (sulfide) groups is 1. The standard InChI is InChI=1S/C30H41N3O4S/c1-7-15-31(6)26(35)23-24-27(36)33(17-9-10-18-34)25(30(24)14-13-29(23,5)38-30)28(37)32(16-8-2)22-19-20(3)11-12-21(22)4/h7-8,11-12,19,23-25,34H,1-2,9-10,13-18H2,3-6H3/t23-,24+,25?,29+,30?/m1/s1. The van der Waals surface area contributed by atoms with Crippen LogP contribution >= 0.6 is 11.8 Å². The molecule has 3 heterocycles. The van der Waals surface area contributed by atoms with Crippen molar-refractivity contribution in [3.8, 4) is 0 Å². The number of hydrogen-bond acceptors (Lipinski definition) is 5. The Morgan fingerprint density at radius 1 is 1.16 bits per heavy atom. The molecule has 7 nitrogen and oxygen atoms in total. The molecule has 0 aromatic heterocycles. The number of anilines is 1. The van der Waals surface area contributed by atoms with Gasteiger partial charge >= 0.3 is 0 Å². The summed E-state index contributed by atoms with van der Waals surface area (Å²) in [6.07, 6.45) is 6.04. The maximum atomic E-state index is 14.6. The van der Waals surface area contributed by atoms with Crippen molar-refractivity contribution in [2.24, 2.45) is 11.8 Å². The number of fused-ring (bicyclic) bond motifs is 1. The van der Waals surface area contributed by atoms with E-state index in [0.29, 0.717) is 38.9 Å². The molecule has 8 heteroatoms. The van der Waals surface area contributed by atoms with Gasteiger partial charge in [0.05, 0.1) is 16.6 Å². The molecule has 0 radical (unpaired) electrons. The topological polar surface area (TPSA) is 81.2 Å². The van der Waals surface area contributed by atoms with E-state index in [1.807, 2.05) is 32.0 Å². The van der Waals surface area contributed by atoms with Crippen molar-refractivity contribution in [2.45, 2.75) is 62.0 Å². The van der Waals surface area contributed by atoms with Gasteiger partial charge in [0, 0.05) is 43.7 Å². The first-order valence-corrected chi connectivity index (χ1v) is 14.3. The van der Waals surface area contributed by atoms with E-state index >= 15 is 0 Å². The molecule has 3 saturated heterocycles. The lowest BCUT2D eigenvalue weighted by Gasteiger charge is -2.38. The van der Waals surface area contributed by atoms with Crippen LogP contribution in [0.15, 0.2) is 43.5 Å². The van der Waals surface area contributed by atoms with Gasteiger partial charge in [-0.1, -0.05) is 24.3 Å². The zero-order valence-electron chi connectivity index (χ0n) is 23.1. The quantitative estimate of drug-likeness (QED) is 0.343. The fraction of sp³-hybridized carbons (Fsp3) is 0.567. The van der Waals surface area contributed by atoms with Gasteiger partial charge in [0.15, 0.2) is 0 Å². The van der Waals surface area contributed by atoms with Crippen molar-refractivity contribution in [1.82, 2.24) is 9.80 Å². The summed E-state index contributed by atoms with van der Waals surface area (Å²) in [7, 11) is 1.75. The summed E-state index contributed by atoms with van der Waals surface area (Å²) >= 11 is 1.69. The van der Waals surface area contributed by atoms with Crippen molar-refractivity contribution >= 4 is 35.2 Å². The van der Waals surface area contributed by atoms with Gasteiger partial charge in [-0.15, -0.1) is 24.9 Å². The molecular weight excluding hydrogens is 498 g/mol. The molecule has 3 amide bonds. The van der Waals surface area contributed by atoms with Gasteiger partial charge in [-0.05, 0) is 63.6 Å². The summed E-state index contributed by atoms with van der Waals surface area (Å²) in [6, 6.07) is 5.36.